The lowest BCUT2D eigenvalue weighted by Crippen LogP contribution is -2.37. The summed E-state index contributed by atoms with van der Waals surface area (Å²) in [6.07, 6.45) is 3.29. The average Bonchev–Trinajstić information content (AvgIpc) is 2.76. The molecule has 0 atom stereocenters. The first kappa shape index (κ1) is 13.3. The molecule has 106 valence electrons. The number of nitrogens with one attached hydrogen (secondary N) is 1. The monoisotopic (exact) mass is 293 g/mol. The summed E-state index contributed by atoms with van der Waals surface area (Å²) in [6.45, 7) is 1.79. The molecule has 1 N–H and O–H groups in total. The van der Waals surface area contributed by atoms with E-state index in [9.17, 15) is 9.18 Å². The van der Waals surface area contributed by atoms with Crippen LogP contribution in [0.5, 0.6) is 0 Å². The van der Waals surface area contributed by atoms with E-state index in [-0.39, 0.29) is 18.3 Å². The Balaban J connectivity index is 1.90. The molecular weight excluding hydrogens is 277 g/mol. The van der Waals surface area contributed by atoms with Crippen molar-refractivity contribution in [3.63, 3.8) is 0 Å². The predicted octanol–water partition coefficient (Wildman–Crippen LogP) is 2.85. The number of rotatable bonds is 2. The number of hydrogen-bond donors (Lipinski definition) is 1. The molecule has 0 unspecified atom stereocenters. The molecule has 0 spiro atoms. The molecule has 0 aliphatic carbocycles. The highest BCUT2D eigenvalue weighted by Crippen LogP contribution is 2.17. The Morgan fingerprint density at radius 1 is 1.30 bits per heavy atom. The lowest BCUT2D eigenvalue weighted by molar-refractivity contribution is -0.132. The number of carbonyl (C=O) groups is 1. The fourth-order valence-corrected chi connectivity index (χ4v) is 2.93. The Labute approximate surface area is 121 Å². The van der Waals surface area contributed by atoms with Gasteiger partial charge in [0.15, 0.2) is 4.77 Å². The van der Waals surface area contributed by atoms with Crippen molar-refractivity contribution in [1.82, 2.24) is 14.5 Å². The Bertz CT molecular complexity index is 700. The number of piperidine rings is 1. The maximum absolute atomic E-state index is 13.4. The van der Waals surface area contributed by atoms with Crippen LogP contribution in [-0.4, -0.2) is 33.4 Å². The second-order valence-corrected chi connectivity index (χ2v) is 5.51. The number of amides is 1. The van der Waals surface area contributed by atoms with Crippen molar-refractivity contribution in [3.05, 3.63) is 28.8 Å². The van der Waals surface area contributed by atoms with Gasteiger partial charge in [-0.25, -0.2) is 4.39 Å². The summed E-state index contributed by atoms with van der Waals surface area (Å²) in [5.41, 5.74) is 1.39. The number of carbonyl (C=O) groups excluding carboxylic acids is 1. The maximum atomic E-state index is 13.4. The van der Waals surface area contributed by atoms with E-state index in [1.807, 2.05) is 4.90 Å². The quantitative estimate of drug-likeness (QED) is 0.865. The molecule has 20 heavy (non-hydrogen) atoms. The molecule has 0 saturated carbocycles. The highest BCUT2D eigenvalue weighted by atomic mass is 32.1. The van der Waals surface area contributed by atoms with Crippen LogP contribution in [0.1, 0.15) is 19.3 Å². The fourth-order valence-electron chi connectivity index (χ4n) is 2.66. The second-order valence-electron chi connectivity index (χ2n) is 5.12. The third-order valence-electron chi connectivity index (χ3n) is 3.74. The number of fused-ring (bicyclic) bond motifs is 1. The fraction of sp³-hybridized carbons (Fsp3) is 0.429. The van der Waals surface area contributed by atoms with Crippen molar-refractivity contribution < 1.29 is 9.18 Å². The Hall–Kier alpha value is -1.69. The van der Waals surface area contributed by atoms with E-state index in [1.54, 1.807) is 10.6 Å². The SMILES string of the molecule is O=C(Cn1c(=S)[nH]c2ccc(F)cc21)N1CCCCC1. The smallest absolute Gasteiger partial charge is 0.242 e. The van der Waals surface area contributed by atoms with Gasteiger partial charge in [0.1, 0.15) is 12.4 Å². The summed E-state index contributed by atoms with van der Waals surface area (Å²) in [5, 5.41) is 0. The molecule has 4 nitrogen and oxygen atoms in total. The summed E-state index contributed by atoms with van der Waals surface area (Å²) in [7, 11) is 0. The standard InChI is InChI=1S/C14H16FN3OS/c15-10-4-5-11-12(8-10)18(14(20)16-11)9-13(19)17-6-2-1-3-7-17/h4-5,8H,1-3,6-7,9H2,(H,16,20). The van der Waals surface area contributed by atoms with Gasteiger partial charge < -0.3 is 14.5 Å². The largest absolute Gasteiger partial charge is 0.341 e. The van der Waals surface area contributed by atoms with Crippen LogP contribution in [0.3, 0.4) is 0 Å². The van der Waals surface area contributed by atoms with Crippen LogP contribution in [0, 0.1) is 10.6 Å². The van der Waals surface area contributed by atoms with Gasteiger partial charge >= 0.3 is 0 Å². The molecule has 6 heteroatoms. The molecule has 2 aromatic rings. The van der Waals surface area contributed by atoms with E-state index in [2.05, 4.69) is 4.98 Å². The normalized spacial score (nSPS) is 15.8. The number of imidazole rings is 1. The molecular formula is C14H16FN3OS. The first-order chi connectivity index (χ1) is 9.65. The van der Waals surface area contributed by atoms with E-state index >= 15 is 0 Å². The number of aromatic amines is 1. The van der Waals surface area contributed by atoms with E-state index < -0.39 is 0 Å². The number of hydrogen-bond acceptors (Lipinski definition) is 2. The van der Waals surface area contributed by atoms with Gasteiger partial charge in [-0.15, -0.1) is 0 Å². The first-order valence-electron chi connectivity index (χ1n) is 6.81. The van der Waals surface area contributed by atoms with Crippen LogP contribution in [-0.2, 0) is 11.3 Å². The third-order valence-corrected chi connectivity index (χ3v) is 4.06. The zero-order valence-corrected chi connectivity index (χ0v) is 11.9. The van der Waals surface area contributed by atoms with Crippen molar-refractivity contribution in [2.24, 2.45) is 0 Å². The predicted molar refractivity (Wildman–Crippen MR) is 77.5 cm³/mol. The molecule has 1 aliphatic heterocycles. The lowest BCUT2D eigenvalue weighted by atomic mass is 10.1. The third kappa shape index (κ3) is 2.47. The van der Waals surface area contributed by atoms with Gasteiger partial charge in [0.05, 0.1) is 11.0 Å². The van der Waals surface area contributed by atoms with Gasteiger partial charge in [-0.3, -0.25) is 4.79 Å². The van der Waals surface area contributed by atoms with Crippen LogP contribution in [0.2, 0.25) is 0 Å². The summed E-state index contributed by atoms with van der Waals surface area (Å²) in [5.74, 6) is -0.281. The van der Waals surface area contributed by atoms with Crippen molar-refractivity contribution >= 4 is 29.2 Å². The minimum absolute atomic E-state index is 0.0472. The van der Waals surface area contributed by atoms with Crippen LogP contribution in [0.15, 0.2) is 18.2 Å². The zero-order valence-electron chi connectivity index (χ0n) is 11.1. The summed E-state index contributed by atoms with van der Waals surface area (Å²) in [6, 6.07) is 4.43. The van der Waals surface area contributed by atoms with Crippen molar-refractivity contribution in [3.8, 4) is 0 Å². The summed E-state index contributed by atoms with van der Waals surface area (Å²) >= 11 is 5.23. The van der Waals surface area contributed by atoms with Crippen LogP contribution in [0.25, 0.3) is 11.0 Å². The van der Waals surface area contributed by atoms with E-state index in [4.69, 9.17) is 12.2 Å². The molecule has 1 saturated heterocycles. The first-order valence-corrected chi connectivity index (χ1v) is 7.22. The maximum Gasteiger partial charge on any atom is 0.242 e. The second kappa shape index (κ2) is 5.36. The number of H-pyrrole nitrogens is 1. The van der Waals surface area contributed by atoms with Gasteiger partial charge in [-0.05, 0) is 49.7 Å². The Morgan fingerprint density at radius 2 is 2.05 bits per heavy atom. The molecule has 1 aromatic heterocycles. The van der Waals surface area contributed by atoms with Gasteiger partial charge in [0, 0.05) is 13.1 Å². The number of aromatic nitrogens is 2. The van der Waals surface area contributed by atoms with E-state index in [0.29, 0.717) is 10.3 Å². The average molecular weight is 293 g/mol. The van der Waals surface area contributed by atoms with Crippen LogP contribution in [0.4, 0.5) is 4.39 Å². The minimum Gasteiger partial charge on any atom is -0.341 e. The molecule has 1 aromatic carbocycles. The molecule has 1 amide bonds. The number of nitrogens with zero attached hydrogens (tertiary/aromatic N) is 2. The van der Waals surface area contributed by atoms with Gasteiger partial charge in [0.2, 0.25) is 5.91 Å². The number of likely N-dealkylation sites (tertiary alicyclic amines) is 1. The topological polar surface area (TPSA) is 41.0 Å². The van der Waals surface area contributed by atoms with Crippen molar-refractivity contribution in [2.45, 2.75) is 25.8 Å². The Kier molecular flexibility index (Phi) is 3.56. The van der Waals surface area contributed by atoms with Gasteiger partial charge in [-0.2, -0.15) is 0 Å². The molecule has 1 aliphatic rings. The molecule has 0 bridgehead atoms. The van der Waals surface area contributed by atoms with Crippen LogP contribution < -0.4 is 0 Å². The molecule has 2 heterocycles. The molecule has 3 rings (SSSR count). The van der Waals surface area contributed by atoms with Crippen molar-refractivity contribution in [1.29, 1.82) is 0 Å². The zero-order chi connectivity index (χ0) is 14.1. The highest BCUT2D eigenvalue weighted by molar-refractivity contribution is 7.71. The van der Waals surface area contributed by atoms with E-state index in [1.165, 1.54) is 18.6 Å². The minimum atomic E-state index is -0.328. The summed E-state index contributed by atoms with van der Waals surface area (Å²) in [4.78, 5) is 17.2. The number of halogens is 1. The van der Waals surface area contributed by atoms with E-state index in [0.717, 1.165) is 31.4 Å². The Morgan fingerprint density at radius 3 is 2.80 bits per heavy atom. The van der Waals surface area contributed by atoms with Crippen molar-refractivity contribution in [2.75, 3.05) is 13.1 Å². The van der Waals surface area contributed by atoms with Gasteiger partial charge in [-0.1, -0.05) is 0 Å². The molecule has 0 radical (unpaired) electrons. The number of benzene rings is 1. The highest BCUT2D eigenvalue weighted by Gasteiger charge is 2.18. The van der Waals surface area contributed by atoms with Crippen LogP contribution >= 0.6 is 12.2 Å². The lowest BCUT2D eigenvalue weighted by Gasteiger charge is -2.26. The molecule has 1 fully saturated rings. The summed E-state index contributed by atoms with van der Waals surface area (Å²) < 4.78 is 15.5. The van der Waals surface area contributed by atoms with Gasteiger partial charge in [0.25, 0.3) is 0 Å².